The number of rotatable bonds is 2. The topological polar surface area (TPSA) is 40.7 Å². The normalized spacial score (nSPS) is 22.6. The molecule has 0 spiro atoms. The predicted octanol–water partition coefficient (Wildman–Crippen LogP) is 3.26. The summed E-state index contributed by atoms with van der Waals surface area (Å²) in [4.78, 5) is 10.4. The van der Waals surface area contributed by atoms with Crippen molar-refractivity contribution < 1.29 is 1.41 Å². The molecule has 0 saturated carbocycles. The van der Waals surface area contributed by atoms with Gasteiger partial charge < -0.3 is 10.3 Å². The van der Waals surface area contributed by atoms with Crippen molar-refractivity contribution in [2.45, 2.75) is 32.2 Å². The molecule has 0 aromatic carbocycles. The molecule has 3 heterocycles. The Kier molecular flexibility index (Phi) is 2.68. The van der Waals surface area contributed by atoms with E-state index in [1.807, 2.05) is 6.20 Å². The lowest BCUT2D eigenvalue weighted by atomic mass is 10.0. The van der Waals surface area contributed by atoms with Crippen LogP contribution in [0.1, 0.15) is 36.0 Å². The molecule has 1 fully saturated rings. The largest absolute Gasteiger partial charge is 0.340 e. The van der Waals surface area contributed by atoms with E-state index in [0.717, 1.165) is 30.9 Å². The SMILES string of the molecule is [2H]N1CCCCC1c1ncc(-c2ccc(C)s2)[nH]1. The van der Waals surface area contributed by atoms with E-state index in [4.69, 9.17) is 1.41 Å². The van der Waals surface area contributed by atoms with Gasteiger partial charge in [0.1, 0.15) is 7.24 Å². The number of hydrogen-bond acceptors (Lipinski definition) is 3. The zero-order valence-electron chi connectivity index (χ0n) is 10.9. The quantitative estimate of drug-likeness (QED) is 0.856. The minimum atomic E-state index is 0.133. The Balaban J connectivity index is 1.84. The fourth-order valence-electron chi connectivity index (χ4n) is 2.22. The van der Waals surface area contributed by atoms with Gasteiger partial charge in [0.2, 0.25) is 0 Å². The fourth-order valence-corrected chi connectivity index (χ4v) is 3.05. The first-order valence-corrected chi connectivity index (χ1v) is 6.93. The third-order valence-electron chi connectivity index (χ3n) is 3.15. The summed E-state index contributed by atoms with van der Waals surface area (Å²) in [5, 5.41) is 1.66. The molecule has 2 aromatic heterocycles. The first-order chi connectivity index (χ1) is 8.74. The van der Waals surface area contributed by atoms with Crippen LogP contribution in [0.5, 0.6) is 0 Å². The molecule has 0 bridgehead atoms. The van der Waals surface area contributed by atoms with E-state index in [0.29, 0.717) is 0 Å². The second-order valence-electron chi connectivity index (χ2n) is 4.51. The number of nitrogens with one attached hydrogen (secondary N) is 2. The summed E-state index contributed by atoms with van der Waals surface area (Å²) >= 11 is 1.77. The van der Waals surface area contributed by atoms with Gasteiger partial charge in [-0.05, 0) is 38.4 Å². The second-order valence-corrected chi connectivity index (χ2v) is 5.80. The summed E-state index contributed by atoms with van der Waals surface area (Å²) < 4.78 is 7.96. The highest BCUT2D eigenvalue weighted by molar-refractivity contribution is 7.15. The van der Waals surface area contributed by atoms with Crippen LogP contribution < -0.4 is 5.31 Å². The first kappa shape index (κ1) is 9.85. The molecular weight excluding hydrogens is 230 g/mol. The minimum Gasteiger partial charge on any atom is -0.340 e. The number of thiophene rings is 1. The van der Waals surface area contributed by atoms with Crippen molar-refractivity contribution in [3.05, 3.63) is 29.0 Å². The molecule has 2 N–H and O–H groups in total. The Bertz CT molecular complexity index is 534. The van der Waals surface area contributed by atoms with Gasteiger partial charge in [-0.2, -0.15) is 0 Å². The summed E-state index contributed by atoms with van der Waals surface area (Å²) in [6, 6.07) is 4.38. The summed E-state index contributed by atoms with van der Waals surface area (Å²) in [5.74, 6) is 0.936. The molecule has 17 heavy (non-hydrogen) atoms. The highest BCUT2D eigenvalue weighted by Crippen LogP contribution is 2.28. The summed E-state index contributed by atoms with van der Waals surface area (Å²) in [6.45, 7) is 2.96. The van der Waals surface area contributed by atoms with Crippen molar-refractivity contribution in [2.24, 2.45) is 0 Å². The van der Waals surface area contributed by atoms with E-state index in [1.165, 1.54) is 16.2 Å². The van der Waals surface area contributed by atoms with Gasteiger partial charge in [0.05, 0.1) is 22.8 Å². The van der Waals surface area contributed by atoms with Crippen molar-refractivity contribution in [2.75, 3.05) is 6.54 Å². The van der Waals surface area contributed by atoms with E-state index in [2.05, 4.69) is 29.0 Å². The van der Waals surface area contributed by atoms with Crippen LogP contribution in [0.4, 0.5) is 0 Å². The maximum absolute atomic E-state index is 7.96. The highest BCUT2D eigenvalue weighted by Gasteiger charge is 2.17. The molecule has 3 rings (SSSR count). The number of nitrogens with zero attached hydrogens (tertiary/aromatic N) is 1. The maximum atomic E-state index is 7.96. The van der Waals surface area contributed by atoms with Crippen LogP contribution in [-0.2, 0) is 0 Å². The smallest absolute Gasteiger partial charge is 0.123 e. The lowest BCUT2D eigenvalue weighted by Crippen LogP contribution is -2.27. The molecule has 3 nitrogen and oxygen atoms in total. The van der Waals surface area contributed by atoms with E-state index >= 15 is 0 Å². The number of H-pyrrole nitrogens is 1. The number of aromatic amines is 1. The third kappa shape index (κ3) is 2.28. The molecule has 0 radical (unpaired) electrons. The minimum absolute atomic E-state index is 0.133. The molecule has 0 amide bonds. The summed E-state index contributed by atoms with van der Waals surface area (Å²) in [5.41, 5.74) is 1.07. The van der Waals surface area contributed by atoms with Gasteiger partial charge >= 0.3 is 0 Å². The molecule has 1 atom stereocenters. The lowest BCUT2D eigenvalue weighted by molar-refractivity contribution is 0.399. The number of aromatic nitrogens is 2. The standard InChI is InChI=1S/C13H17N3S/c1-9-5-6-12(17-9)11-8-15-13(16-11)10-4-2-3-7-14-10/h5-6,8,10,14H,2-4,7H2,1H3,(H,15,16)/i/hD. The Hall–Kier alpha value is -1.13. The van der Waals surface area contributed by atoms with Crippen LogP contribution in [0.25, 0.3) is 10.6 Å². The number of imidazole rings is 1. The van der Waals surface area contributed by atoms with Crippen LogP contribution in [0.3, 0.4) is 0 Å². The van der Waals surface area contributed by atoms with Gasteiger partial charge in [-0.3, -0.25) is 0 Å². The summed E-state index contributed by atoms with van der Waals surface area (Å²) in [6.07, 6.45) is 5.23. The third-order valence-corrected chi connectivity index (χ3v) is 4.19. The van der Waals surface area contributed by atoms with Gasteiger partial charge in [0, 0.05) is 4.88 Å². The van der Waals surface area contributed by atoms with E-state index in [1.54, 1.807) is 16.6 Å². The average molecular weight is 248 g/mol. The average Bonchev–Trinajstić information content (AvgIpc) is 2.98. The van der Waals surface area contributed by atoms with Gasteiger partial charge in [-0.25, -0.2) is 4.98 Å². The number of aryl methyl sites for hydroxylation is 1. The number of hydrogen-bond donors (Lipinski definition) is 2. The van der Waals surface area contributed by atoms with Gasteiger partial charge in [-0.1, -0.05) is 6.42 Å². The van der Waals surface area contributed by atoms with Crippen molar-refractivity contribution in [1.29, 1.82) is 0 Å². The molecule has 1 saturated heterocycles. The fraction of sp³-hybridized carbons (Fsp3) is 0.462. The van der Waals surface area contributed by atoms with Gasteiger partial charge in [-0.15, -0.1) is 11.3 Å². The van der Waals surface area contributed by atoms with Gasteiger partial charge in [0.15, 0.2) is 0 Å². The maximum Gasteiger partial charge on any atom is 0.123 e. The van der Waals surface area contributed by atoms with E-state index in [-0.39, 0.29) is 6.04 Å². The molecule has 1 unspecified atom stereocenters. The molecule has 4 heteroatoms. The molecule has 1 aliphatic heterocycles. The number of piperidine rings is 1. The van der Waals surface area contributed by atoms with Crippen LogP contribution in [0, 0.1) is 6.92 Å². The molecule has 0 aliphatic carbocycles. The predicted molar refractivity (Wildman–Crippen MR) is 71.2 cm³/mol. The molecule has 1 aliphatic rings. The zero-order valence-corrected chi connectivity index (χ0v) is 10.8. The van der Waals surface area contributed by atoms with E-state index in [9.17, 15) is 0 Å². The zero-order chi connectivity index (χ0) is 12.5. The van der Waals surface area contributed by atoms with Crippen LogP contribution in [-0.4, -0.2) is 16.5 Å². The Labute approximate surface area is 107 Å². The van der Waals surface area contributed by atoms with Crippen molar-refractivity contribution in [3.63, 3.8) is 0 Å². The van der Waals surface area contributed by atoms with Crippen molar-refractivity contribution in [3.8, 4) is 10.6 Å². The molecular formula is C13H17N3S. The van der Waals surface area contributed by atoms with E-state index < -0.39 is 0 Å². The highest BCUT2D eigenvalue weighted by atomic mass is 32.1. The Morgan fingerprint density at radius 1 is 1.47 bits per heavy atom. The van der Waals surface area contributed by atoms with Gasteiger partial charge in [0.25, 0.3) is 0 Å². The van der Waals surface area contributed by atoms with Crippen LogP contribution in [0.15, 0.2) is 18.3 Å². The van der Waals surface area contributed by atoms with Crippen molar-refractivity contribution >= 4 is 11.3 Å². The van der Waals surface area contributed by atoms with Crippen molar-refractivity contribution in [1.82, 2.24) is 15.3 Å². The monoisotopic (exact) mass is 248 g/mol. The summed E-state index contributed by atoms with van der Waals surface area (Å²) in [7, 11) is 0. The first-order valence-electron chi connectivity index (χ1n) is 6.56. The van der Waals surface area contributed by atoms with Crippen LogP contribution in [0.2, 0.25) is 1.41 Å². The lowest BCUT2D eigenvalue weighted by Gasteiger charge is -2.21. The Morgan fingerprint density at radius 2 is 2.41 bits per heavy atom. The molecule has 2 aromatic rings. The van der Waals surface area contributed by atoms with Crippen LogP contribution >= 0.6 is 11.3 Å². The Morgan fingerprint density at radius 3 is 3.18 bits per heavy atom. The molecule has 90 valence electrons. The second kappa shape index (κ2) is 4.63.